The number of carbonyl (C=O) groups excluding carboxylic acids is 1. The van der Waals surface area contributed by atoms with Gasteiger partial charge in [-0.15, -0.1) is 0 Å². The maximum absolute atomic E-state index is 11.2. The van der Waals surface area contributed by atoms with E-state index in [-0.39, 0.29) is 6.54 Å². The van der Waals surface area contributed by atoms with Crippen molar-refractivity contribution >= 4 is 23.1 Å². The van der Waals surface area contributed by atoms with Gasteiger partial charge < -0.3 is 10.2 Å². The third-order valence-corrected chi connectivity index (χ3v) is 1.91. The van der Waals surface area contributed by atoms with Crippen LogP contribution in [0.1, 0.15) is 0 Å². The molecule has 0 aliphatic heterocycles. The van der Waals surface area contributed by atoms with Gasteiger partial charge in [0.15, 0.2) is 5.58 Å². The fraction of sp³-hybridized carbons (Fsp3) is 0.111. The van der Waals surface area contributed by atoms with Crippen molar-refractivity contribution < 1.29 is 9.21 Å². The molecule has 1 aromatic carbocycles. The van der Waals surface area contributed by atoms with Gasteiger partial charge >= 0.3 is 5.76 Å². The zero-order chi connectivity index (χ0) is 10.1. The Balaban J connectivity index is 2.79. The number of aromatic nitrogens is 1. The summed E-state index contributed by atoms with van der Waals surface area (Å²) in [5.74, 6) is -0.575. The van der Waals surface area contributed by atoms with E-state index >= 15 is 0 Å². The number of nitrogens with two attached hydrogens (primary N) is 1. The van der Waals surface area contributed by atoms with Gasteiger partial charge in [0.25, 0.3) is 0 Å². The normalized spacial score (nSPS) is 10.6. The van der Waals surface area contributed by atoms with Crippen molar-refractivity contribution in [3.63, 3.8) is 0 Å². The van der Waals surface area contributed by atoms with Crippen LogP contribution in [0.2, 0.25) is 0 Å². The maximum Gasteiger partial charge on any atom is 0.420 e. The van der Waals surface area contributed by atoms with E-state index in [9.17, 15) is 9.59 Å². The molecule has 0 amide bonds. The molecule has 2 N–H and O–H groups in total. The van der Waals surface area contributed by atoms with Crippen LogP contribution in [0.25, 0.3) is 11.1 Å². The molecule has 1 radical (unpaired) electrons. The van der Waals surface area contributed by atoms with Crippen molar-refractivity contribution in [3.8, 4) is 0 Å². The van der Waals surface area contributed by atoms with Crippen molar-refractivity contribution in [1.82, 2.24) is 4.57 Å². The van der Waals surface area contributed by atoms with Crippen LogP contribution in [-0.4, -0.2) is 10.9 Å². The Morgan fingerprint density at radius 2 is 2.29 bits per heavy atom. The molecule has 0 bridgehead atoms. The summed E-state index contributed by atoms with van der Waals surface area (Å²) in [5, 5.41) is 0. The van der Waals surface area contributed by atoms with Gasteiger partial charge in [0.2, 0.25) is 6.29 Å². The molecule has 14 heavy (non-hydrogen) atoms. The summed E-state index contributed by atoms with van der Waals surface area (Å²) in [6.07, 6.45) is 1.63. The van der Waals surface area contributed by atoms with Crippen molar-refractivity contribution in [3.05, 3.63) is 28.7 Å². The molecule has 2 aromatic rings. The van der Waals surface area contributed by atoms with Crippen LogP contribution in [0.15, 0.2) is 27.4 Å². The van der Waals surface area contributed by atoms with E-state index in [4.69, 9.17) is 10.2 Å². The maximum atomic E-state index is 11.2. The first-order valence-electron chi connectivity index (χ1n) is 3.96. The number of rotatable bonds is 2. The van der Waals surface area contributed by atoms with Crippen molar-refractivity contribution in [1.29, 1.82) is 0 Å². The van der Waals surface area contributed by atoms with Crippen LogP contribution in [0.4, 0.5) is 5.69 Å². The number of fused-ring (bicyclic) bond motifs is 1. The molecule has 1 heterocycles. The van der Waals surface area contributed by atoms with E-state index in [1.165, 1.54) is 4.57 Å². The molecule has 0 atom stereocenters. The summed E-state index contributed by atoms with van der Waals surface area (Å²) in [6.45, 7) is -0.144. The molecule has 1 aromatic heterocycles. The molecule has 0 aliphatic carbocycles. The van der Waals surface area contributed by atoms with Gasteiger partial charge in [-0.2, -0.15) is 0 Å². The summed E-state index contributed by atoms with van der Waals surface area (Å²) in [5.41, 5.74) is 6.98. The number of anilines is 1. The molecule has 5 heteroatoms. The largest absolute Gasteiger partial charge is 0.420 e. The highest BCUT2D eigenvalue weighted by Gasteiger charge is 2.08. The van der Waals surface area contributed by atoms with Crippen LogP contribution in [-0.2, 0) is 11.3 Å². The number of hydrogen-bond donors (Lipinski definition) is 1. The highest BCUT2D eigenvalue weighted by molar-refractivity contribution is 5.77. The summed E-state index contributed by atoms with van der Waals surface area (Å²) >= 11 is 0. The molecule has 0 aliphatic rings. The average Bonchev–Trinajstić information content (AvgIpc) is 2.45. The van der Waals surface area contributed by atoms with E-state index in [2.05, 4.69) is 0 Å². The average molecular weight is 191 g/mol. The van der Waals surface area contributed by atoms with E-state index in [0.29, 0.717) is 16.8 Å². The molecule has 71 valence electrons. The zero-order valence-electron chi connectivity index (χ0n) is 7.19. The number of benzene rings is 1. The lowest BCUT2D eigenvalue weighted by atomic mass is 10.3. The first kappa shape index (κ1) is 8.55. The van der Waals surface area contributed by atoms with Gasteiger partial charge in [0.1, 0.15) is 0 Å². The van der Waals surface area contributed by atoms with Crippen LogP contribution < -0.4 is 11.5 Å². The summed E-state index contributed by atoms with van der Waals surface area (Å²) in [4.78, 5) is 21.4. The quantitative estimate of drug-likeness (QED) is 0.692. The molecule has 0 saturated carbocycles. The van der Waals surface area contributed by atoms with Crippen LogP contribution in [0.3, 0.4) is 0 Å². The van der Waals surface area contributed by atoms with E-state index in [0.717, 1.165) is 0 Å². The minimum atomic E-state index is -0.575. The topological polar surface area (TPSA) is 78.2 Å². The number of hydrogen-bond acceptors (Lipinski definition) is 4. The zero-order valence-corrected chi connectivity index (χ0v) is 7.19. The molecule has 0 spiro atoms. The van der Waals surface area contributed by atoms with Gasteiger partial charge in [-0.05, 0) is 18.2 Å². The lowest BCUT2D eigenvalue weighted by molar-refractivity contribution is 0.508. The highest BCUT2D eigenvalue weighted by atomic mass is 16.4. The molecule has 2 rings (SSSR count). The fourth-order valence-corrected chi connectivity index (χ4v) is 1.29. The minimum Gasteiger partial charge on any atom is -0.408 e. The number of nitrogen functional groups attached to an aromatic ring is 1. The second-order valence-corrected chi connectivity index (χ2v) is 2.83. The van der Waals surface area contributed by atoms with Crippen molar-refractivity contribution in [2.75, 3.05) is 5.73 Å². The van der Waals surface area contributed by atoms with Gasteiger partial charge in [-0.25, -0.2) is 4.79 Å². The van der Waals surface area contributed by atoms with E-state index in [1.807, 2.05) is 0 Å². The third kappa shape index (κ3) is 1.19. The Labute approximate surface area is 78.7 Å². The highest BCUT2D eigenvalue weighted by Crippen LogP contribution is 2.15. The number of nitrogens with zero attached hydrogens (tertiary/aromatic N) is 1. The van der Waals surface area contributed by atoms with E-state index in [1.54, 1.807) is 24.5 Å². The monoisotopic (exact) mass is 191 g/mol. The van der Waals surface area contributed by atoms with Crippen molar-refractivity contribution in [2.45, 2.75) is 6.54 Å². The van der Waals surface area contributed by atoms with Crippen molar-refractivity contribution in [2.24, 2.45) is 0 Å². The molecular formula is C9H7N2O3. The molecule has 5 nitrogen and oxygen atoms in total. The Morgan fingerprint density at radius 1 is 1.50 bits per heavy atom. The van der Waals surface area contributed by atoms with Gasteiger partial charge in [0.05, 0.1) is 12.1 Å². The standard InChI is InChI=1S/C9H7N2O3/c10-6-1-2-8-7(5-6)11(3-4-12)9(13)14-8/h1-2,5H,3,10H2. The smallest absolute Gasteiger partial charge is 0.408 e. The van der Waals surface area contributed by atoms with Gasteiger partial charge in [-0.1, -0.05) is 0 Å². The van der Waals surface area contributed by atoms with Crippen LogP contribution >= 0.6 is 0 Å². The van der Waals surface area contributed by atoms with Gasteiger partial charge in [0, 0.05) is 5.69 Å². The Hall–Kier alpha value is -2.04. The molecule has 0 fully saturated rings. The summed E-state index contributed by atoms with van der Waals surface area (Å²) in [6, 6.07) is 4.80. The lowest BCUT2D eigenvalue weighted by Gasteiger charge is -1.95. The third-order valence-electron chi connectivity index (χ3n) is 1.91. The second-order valence-electron chi connectivity index (χ2n) is 2.83. The molecule has 0 saturated heterocycles. The predicted octanol–water partition coefficient (Wildman–Crippen LogP) is 0.286. The first-order valence-corrected chi connectivity index (χ1v) is 3.96. The fourth-order valence-electron chi connectivity index (χ4n) is 1.29. The van der Waals surface area contributed by atoms with E-state index < -0.39 is 5.76 Å². The molecular weight excluding hydrogens is 184 g/mol. The Kier molecular flexibility index (Phi) is 1.85. The summed E-state index contributed by atoms with van der Waals surface area (Å²) < 4.78 is 6.06. The Bertz CT molecular complexity index is 538. The molecule has 0 unspecified atom stereocenters. The first-order chi connectivity index (χ1) is 6.72. The number of oxazole rings is 1. The predicted molar refractivity (Wildman–Crippen MR) is 50.6 cm³/mol. The van der Waals surface area contributed by atoms with Gasteiger partial charge in [-0.3, -0.25) is 9.36 Å². The van der Waals surface area contributed by atoms with Crippen LogP contribution in [0.5, 0.6) is 0 Å². The lowest BCUT2D eigenvalue weighted by Crippen LogP contribution is -2.14. The summed E-state index contributed by atoms with van der Waals surface area (Å²) in [7, 11) is 0. The minimum absolute atomic E-state index is 0.144. The SMILES string of the molecule is Nc1ccc2oc(=O)n(C[C]=O)c2c1. The second kappa shape index (κ2) is 3.02. The Morgan fingerprint density at radius 3 is 3.00 bits per heavy atom. The van der Waals surface area contributed by atoms with Crippen LogP contribution in [0, 0.1) is 0 Å².